The van der Waals surface area contributed by atoms with Crippen LogP contribution in [0, 0.1) is 0 Å². The number of benzene rings is 1. The van der Waals surface area contributed by atoms with Gasteiger partial charge in [-0.25, -0.2) is 4.79 Å². The molecule has 0 atom stereocenters. The van der Waals surface area contributed by atoms with Gasteiger partial charge in [0.15, 0.2) is 0 Å². The summed E-state index contributed by atoms with van der Waals surface area (Å²) < 4.78 is 4.55. The zero-order valence-electron chi connectivity index (χ0n) is 8.57. The zero-order valence-corrected chi connectivity index (χ0v) is 8.57. The monoisotopic (exact) mass is 194 g/mol. The van der Waals surface area contributed by atoms with Crippen molar-refractivity contribution in [3.05, 3.63) is 29.3 Å². The molecule has 0 amide bonds. The van der Waals surface area contributed by atoms with Gasteiger partial charge in [-0.1, -0.05) is 19.9 Å². The van der Waals surface area contributed by atoms with E-state index in [1.165, 1.54) is 13.2 Å². The lowest BCUT2D eigenvalue weighted by Gasteiger charge is -2.08. The predicted molar refractivity (Wildman–Crippen MR) is 53.5 cm³/mol. The molecule has 0 aliphatic rings. The maximum atomic E-state index is 11.2. The second-order valence-electron chi connectivity index (χ2n) is 3.42. The van der Waals surface area contributed by atoms with Crippen molar-refractivity contribution in [2.24, 2.45) is 0 Å². The van der Waals surface area contributed by atoms with E-state index >= 15 is 0 Å². The van der Waals surface area contributed by atoms with Gasteiger partial charge in [-0.15, -0.1) is 0 Å². The number of hydrogen-bond acceptors (Lipinski definition) is 3. The van der Waals surface area contributed by atoms with E-state index in [2.05, 4.69) is 4.74 Å². The Morgan fingerprint density at radius 3 is 2.57 bits per heavy atom. The zero-order chi connectivity index (χ0) is 10.7. The Bertz CT molecular complexity index is 342. The first kappa shape index (κ1) is 10.6. The Hall–Kier alpha value is -1.51. The Balaban J connectivity index is 3.15. The van der Waals surface area contributed by atoms with Crippen molar-refractivity contribution in [1.82, 2.24) is 0 Å². The van der Waals surface area contributed by atoms with Gasteiger partial charge in [0, 0.05) is 0 Å². The molecule has 3 heteroatoms. The standard InChI is InChI=1S/C11H14O3/c1-7(2)8-4-5-10(12)9(6-8)11(13)14-3/h4-7,12H,1-3H3. The molecule has 0 unspecified atom stereocenters. The van der Waals surface area contributed by atoms with E-state index in [0.717, 1.165) is 5.56 Å². The van der Waals surface area contributed by atoms with Crippen molar-refractivity contribution in [2.45, 2.75) is 19.8 Å². The highest BCUT2D eigenvalue weighted by Gasteiger charge is 2.12. The van der Waals surface area contributed by atoms with Crippen LogP contribution < -0.4 is 0 Å². The summed E-state index contributed by atoms with van der Waals surface area (Å²) in [6.45, 7) is 4.04. The summed E-state index contributed by atoms with van der Waals surface area (Å²) in [5, 5.41) is 9.42. The molecule has 0 saturated carbocycles. The van der Waals surface area contributed by atoms with E-state index in [0.29, 0.717) is 5.92 Å². The number of carbonyl (C=O) groups excluding carboxylic acids is 1. The molecule has 1 aromatic rings. The lowest BCUT2D eigenvalue weighted by molar-refractivity contribution is 0.0597. The molecule has 0 radical (unpaired) electrons. The van der Waals surface area contributed by atoms with Crippen LogP contribution in [-0.4, -0.2) is 18.2 Å². The molecule has 3 nitrogen and oxygen atoms in total. The van der Waals surface area contributed by atoms with Gasteiger partial charge in [-0.3, -0.25) is 0 Å². The number of methoxy groups -OCH3 is 1. The van der Waals surface area contributed by atoms with Crippen LogP contribution in [0.15, 0.2) is 18.2 Å². The van der Waals surface area contributed by atoms with Gasteiger partial charge in [0.1, 0.15) is 11.3 Å². The first-order chi connectivity index (χ1) is 6.56. The third kappa shape index (κ3) is 2.05. The summed E-state index contributed by atoms with van der Waals surface area (Å²) in [4.78, 5) is 11.2. The first-order valence-corrected chi connectivity index (χ1v) is 4.47. The van der Waals surface area contributed by atoms with Crippen molar-refractivity contribution in [3.8, 4) is 5.75 Å². The van der Waals surface area contributed by atoms with Gasteiger partial charge in [0.25, 0.3) is 0 Å². The summed E-state index contributed by atoms with van der Waals surface area (Å²) in [5.41, 5.74) is 1.22. The van der Waals surface area contributed by atoms with Crippen molar-refractivity contribution in [2.75, 3.05) is 7.11 Å². The van der Waals surface area contributed by atoms with Gasteiger partial charge >= 0.3 is 5.97 Å². The smallest absolute Gasteiger partial charge is 0.341 e. The topological polar surface area (TPSA) is 46.5 Å². The van der Waals surface area contributed by atoms with E-state index in [1.54, 1.807) is 12.1 Å². The number of rotatable bonds is 2. The van der Waals surface area contributed by atoms with E-state index in [4.69, 9.17) is 0 Å². The molecule has 1 aromatic carbocycles. The van der Waals surface area contributed by atoms with Gasteiger partial charge < -0.3 is 9.84 Å². The van der Waals surface area contributed by atoms with E-state index < -0.39 is 5.97 Å². The molecule has 0 bridgehead atoms. The number of esters is 1. The third-order valence-corrected chi connectivity index (χ3v) is 2.09. The van der Waals surface area contributed by atoms with Crippen LogP contribution in [0.25, 0.3) is 0 Å². The van der Waals surface area contributed by atoms with Gasteiger partial charge in [0.05, 0.1) is 7.11 Å². The fourth-order valence-electron chi connectivity index (χ4n) is 1.19. The van der Waals surface area contributed by atoms with Crippen LogP contribution in [0.3, 0.4) is 0 Å². The number of hydrogen-bond donors (Lipinski definition) is 1. The summed E-state index contributed by atoms with van der Waals surface area (Å²) in [6, 6.07) is 4.97. The minimum absolute atomic E-state index is 0.0405. The molecule has 0 aromatic heterocycles. The minimum Gasteiger partial charge on any atom is -0.507 e. The molecule has 14 heavy (non-hydrogen) atoms. The summed E-state index contributed by atoms with van der Waals surface area (Å²) in [7, 11) is 1.30. The molecule has 1 rings (SSSR count). The van der Waals surface area contributed by atoms with E-state index in [9.17, 15) is 9.90 Å². The quantitative estimate of drug-likeness (QED) is 0.735. The Labute approximate surface area is 83.3 Å². The fourth-order valence-corrected chi connectivity index (χ4v) is 1.19. The first-order valence-electron chi connectivity index (χ1n) is 4.47. The fraction of sp³-hybridized carbons (Fsp3) is 0.364. The van der Waals surface area contributed by atoms with Crippen LogP contribution >= 0.6 is 0 Å². The van der Waals surface area contributed by atoms with Crippen LogP contribution in [0.2, 0.25) is 0 Å². The highest BCUT2D eigenvalue weighted by atomic mass is 16.5. The number of phenolic OH excluding ortho intramolecular Hbond substituents is 1. The van der Waals surface area contributed by atoms with Crippen molar-refractivity contribution >= 4 is 5.97 Å². The maximum Gasteiger partial charge on any atom is 0.341 e. The van der Waals surface area contributed by atoms with Crippen molar-refractivity contribution in [1.29, 1.82) is 0 Å². The normalized spacial score (nSPS) is 10.3. The average molecular weight is 194 g/mol. The summed E-state index contributed by atoms with van der Waals surface area (Å²) in [6.07, 6.45) is 0. The number of ether oxygens (including phenoxy) is 1. The molecule has 1 N–H and O–H groups in total. The largest absolute Gasteiger partial charge is 0.507 e. The van der Waals surface area contributed by atoms with Gasteiger partial charge in [0.2, 0.25) is 0 Å². The molecular formula is C11H14O3. The Morgan fingerprint density at radius 1 is 1.43 bits per heavy atom. The predicted octanol–water partition coefficient (Wildman–Crippen LogP) is 2.30. The molecule has 0 fully saturated rings. The number of carbonyl (C=O) groups is 1. The van der Waals surface area contributed by atoms with Crippen LogP contribution in [-0.2, 0) is 4.74 Å². The molecule has 0 aliphatic carbocycles. The van der Waals surface area contributed by atoms with E-state index in [-0.39, 0.29) is 11.3 Å². The number of aromatic hydroxyl groups is 1. The third-order valence-electron chi connectivity index (χ3n) is 2.09. The highest BCUT2D eigenvalue weighted by molar-refractivity contribution is 5.92. The average Bonchev–Trinajstić information content (AvgIpc) is 2.17. The van der Waals surface area contributed by atoms with Crippen LogP contribution in [0.1, 0.15) is 35.7 Å². The lowest BCUT2D eigenvalue weighted by atomic mass is 10.0. The molecular weight excluding hydrogens is 180 g/mol. The summed E-state index contributed by atoms with van der Waals surface area (Å²) in [5.74, 6) is -0.231. The molecule has 0 saturated heterocycles. The Kier molecular flexibility index (Phi) is 3.12. The maximum absolute atomic E-state index is 11.2. The second-order valence-corrected chi connectivity index (χ2v) is 3.42. The summed E-state index contributed by atoms with van der Waals surface area (Å²) >= 11 is 0. The second kappa shape index (κ2) is 4.13. The number of phenols is 1. The lowest BCUT2D eigenvalue weighted by Crippen LogP contribution is -2.02. The molecule has 0 heterocycles. The minimum atomic E-state index is -0.509. The Morgan fingerprint density at radius 2 is 2.07 bits per heavy atom. The SMILES string of the molecule is COC(=O)c1cc(C(C)C)ccc1O. The van der Waals surface area contributed by atoms with Crippen LogP contribution in [0.4, 0.5) is 0 Å². The van der Waals surface area contributed by atoms with E-state index in [1.807, 2.05) is 13.8 Å². The van der Waals surface area contributed by atoms with Crippen LogP contribution in [0.5, 0.6) is 5.75 Å². The van der Waals surface area contributed by atoms with Gasteiger partial charge in [-0.2, -0.15) is 0 Å². The van der Waals surface area contributed by atoms with Crippen molar-refractivity contribution < 1.29 is 14.6 Å². The molecule has 0 aliphatic heterocycles. The van der Waals surface area contributed by atoms with Gasteiger partial charge in [-0.05, 0) is 23.6 Å². The molecule has 76 valence electrons. The molecule has 0 spiro atoms. The highest BCUT2D eigenvalue weighted by Crippen LogP contribution is 2.23. The van der Waals surface area contributed by atoms with Crippen molar-refractivity contribution in [3.63, 3.8) is 0 Å².